The van der Waals surface area contributed by atoms with Crippen molar-refractivity contribution in [2.45, 2.75) is 64.1 Å². The minimum absolute atomic E-state index is 0.0689. The molecule has 0 aromatic heterocycles. The van der Waals surface area contributed by atoms with E-state index in [0.29, 0.717) is 18.3 Å². The Kier molecular flexibility index (Phi) is 6.92. The number of rotatable bonds is 6. The average molecular weight is 360 g/mol. The molecule has 1 aromatic rings. The second kappa shape index (κ2) is 9.38. The molecule has 0 bridgehead atoms. The number of carbonyl (C=O) groups is 1. The molecule has 144 valence electrons. The van der Waals surface area contributed by atoms with Crippen LogP contribution in [0, 0.1) is 11.8 Å². The summed E-state index contributed by atoms with van der Waals surface area (Å²) in [6.07, 6.45) is 6.35. The van der Waals surface area contributed by atoms with Crippen LogP contribution >= 0.6 is 0 Å². The highest BCUT2D eigenvalue weighted by Crippen LogP contribution is 2.26. The smallest absolute Gasteiger partial charge is 0.224 e. The highest BCUT2D eigenvalue weighted by Gasteiger charge is 2.25. The van der Waals surface area contributed by atoms with Gasteiger partial charge in [-0.05, 0) is 81.3 Å². The summed E-state index contributed by atoms with van der Waals surface area (Å²) in [4.78, 5) is 12.3. The van der Waals surface area contributed by atoms with Crippen LogP contribution in [0.3, 0.4) is 0 Å². The summed E-state index contributed by atoms with van der Waals surface area (Å²) in [7, 11) is 0. The van der Waals surface area contributed by atoms with E-state index in [1.54, 1.807) is 0 Å². The number of aliphatic hydroxyl groups is 1. The van der Waals surface area contributed by atoms with Crippen LogP contribution in [0.2, 0.25) is 0 Å². The lowest BCUT2D eigenvalue weighted by molar-refractivity contribution is -0.117. The number of carbonyl (C=O) groups excluding carboxylic acids is 1. The predicted octanol–water partition coefficient (Wildman–Crippen LogP) is 3.33. The normalized spacial score (nSPS) is 27.5. The quantitative estimate of drug-likeness (QED) is 0.728. The lowest BCUT2D eigenvalue weighted by atomic mass is 9.85. The van der Waals surface area contributed by atoms with Crippen molar-refractivity contribution in [1.82, 2.24) is 5.32 Å². The molecule has 1 aliphatic carbocycles. The van der Waals surface area contributed by atoms with E-state index in [1.807, 2.05) is 24.3 Å². The van der Waals surface area contributed by atoms with Gasteiger partial charge in [0.2, 0.25) is 5.91 Å². The van der Waals surface area contributed by atoms with Crippen molar-refractivity contribution in [3.63, 3.8) is 0 Å². The predicted molar refractivity (Wildman–Crippen MR) is 103 cm³/mol. The van der Waals surface area contributed by atoms with Gasteiger partial charge in [0.15, 0.2) is 0 Å². The summed E-state index contributed by atoms with van der Waals surface area (Å²) in [5, 5.41) is 16.4. The molecule has 1 amide bonds. The topological polar surface area (TPSA) is 70.6 Å². The number of hydrogen-bond donors (Lipinski definition) is 3. The van der Waals surface area contributed by atoms with E-state index in [1.165, 1.54) is 12.8 Å². The van der Waals surface area contributed by atoms with E-state index in [9.17, 15) is 9.90 Å². The molecule has 1 aliphatic heterocycles. The lowest BCUT2D eigenvalue weighted by Gasteiger charge is -2.28. The monoisotopic (exact) mass is 360 g/mol. The van der Waals surface area contributed by atoms with Crippen LogP contribution in [0.25, 0.3) is 0 Å². The van der Waals surface area contributed by atoms with E-state index < -0.39 is 0 Å². The summed E-state index contributed by atoms with van der Waals surface area (Å²) in [6.45, 7) is 4.29. The number of piperidine rings is 1. The standard InChI is InChI=1S/C21H32N2O3/c1-15(16-5-4-12-22-14-16)13-21(25)23-17-8-10-18(11-9-17)26-20-7-3-2-6-19(20)24/h8-11,15-16,19-20,22,24H,2-7,12-14H2,1H3,(H,23,25). The molecule has 1 saturated heterocycles. The van der Waals surface area contributed by atoms with Crippen molar-refractivity contribution in [2.24, 2.45) is 11.8 Å². The van der Waals surface area contributed by atoms with Crippen molar-refractivity contribution >= 4 is 11.6 Å². The molecule has 1 saturated carbocycles. The Morgan fingerprint density at radius 1 is 1.23 bits per heavy atom. The van der Waals surface area contributed by atoms with Gasteiger partial charge in [-0.1, -0.05) is 13.3 Å². The fourth-order valence-electron chi connectivity index (χ4n) is 4.04. The molecule has 5 nitrogen and oxygen atoms in total. The molecule has 1 aromatic carbocycles. The van der Waals surface area contributed by atoms with Gasteiger partial charge in [0.25, 0.3) is 0 Å². The Hall–Kier alpha value is -1.59. The molecule has 4 unspecified atom stereocenters. The van der Waals surface area contributed by atoms with Crippen molar-refractivity contribution < 1.29 is 14.6 Å². The van der Waals surface area contributed by atoms with E-state index >= 15 is 0 Å². The molecule has 0 spiro atoms. The third-order valence-corrected chi connectivity index (χ3v) is 5.74. The molecule has 4 atom stereocenters. The summed E-state index contributed by atoms with van der Waals surface area (Å²) in [5.74, 6) is 1.79. The van der Waals surface area contributed by atoms with Crippen molar-refractivity contribution in [2.75, 3.05) is 18.4 Å². The number of amides is 1. The van der Waals surface area contributed by atoms with Gasteiger partial charge in [-0.25, -0.2) is 0 Å². The number of hydrogen-bond acceptors (Lipinski definition) is 4. The molecule has 3 N–H and O–H groups in total. The van der Waals surface area contributed by atoms with Gasteiger partial charge in [0, 0.05) is 12.1 Å². The number of aliphatic hydroxyl groups excluding tert-OH is 1. The van der Waals surface area contributed by atoms with E-state index in [2.05, 4.69) is 17.6 Å². The van der Waals surface area contributed by atoms with Crippen molar-refractivity contribution in [3.05, 3.63) is 24.3 Å². The van der Waals surface area contributed by atoms with Gasteiger partial charge in [-0.2, -0.15) is 0 Å². The van der Waals surface area contributed by atoms with Gasteiger partial charge in [-0.15, -0.1) is 0 Å². The van der Waals surface area contributed by atoms with Gasteiger partial charge in [0.1, 0.15) is 11.9 Å². The average Bonchev–Trinajstić information content (AvgIpc) is 2.66. The van der Waals surface area contributed by atoms with E-state index in [0.717, 1.165) is 50.2 Å². The molecule has 2 fully saturated rings. The Bertz CT molecular complexity index is 569. The first kappa shape index (κ1) is 19.2. The summed E-state index contributed by atoms with van der Waals surface area (Å²) in [6, 6.07) is 7.47. The second-order valence-corrected chi connectivity index (χ2v) is 7.87. The number of ether oxygens (including phenoxy) is 1. The first-order valence-electron chi connectivity index (χ1n) is 10.1. The highest BCUT2D eigenvalue weighted by atomic mass is 16.5. The number of anilines is 1. The van der Waals surface area contributed by atoms with Crippen LogP contribution < -0.4 is 15.4 Å². The number of benzene rings is 1. The Morgan fingerprint density at radius 2 is 2.00 bits per heavy atom. The first-order valence-corrected chi connectivity index (χ1v) is 10.1. The van der Waals surface area contributed by atoms with Crippen LogP contribution in [0.15, 0.2) is 24.3 Å². The minimum Gasteiger partial charge on any atom is -0.488 e. The zero-order valence-electron chi connectivity index (χ0n) is 15.7. The van der Waals surface area contributed by atoms with Crippen LogP contribution in [0.4, 0.5) is 5.69 Å². The van der Waals surface area contributed by atoms with Gasteiger partial charge in [-0.3, -0.25) is 4.79 Å². The van der Waals surface area contributed by atoms with Crippen LogP contribution in [-0.2, 0) is 4.79 Å². The first-order chi connectivity index (χ1) is 12.6. The van der Waals surface area contributed by atoms with Crippen LogP contribution in [0.1, 0.15) is 51.9 Å². The largest absolute Gasteiger partial charge is 0.488 e. The summed E-state index contributed by atoms with van der Waals surface area (Å²) in [5.41, 5.74) is 0.792. The van der Waals surface area contributed by atoms with Gasteiger partial charge < -0.3 is 20.5 Å². The zero-order valence-corrected chi connectivity index (χ0v) is 15.7. The maximum Gasteiger partial charge on any atom is 0.224 e. The number of nitrogens with one attached hydrogen (secondary N) is 2. The van der Waals surface area contributed by atoms with Crippen LogP contribution in [0.5, 0.6) is 5.75 Å². The Balaban J connectivity index is 1.46. The Labute approximate surface area is 156 Å². The molecule has 3 rings (SSSR count). The fraction of sp³-hybridized carbons (Fsp3) is 0.667. The maximum absolute atomic E-state index is 12.3. The lowest BCUT2D eigenvalue weighted by Crippen LogP contribution is -2.34. The third kappa shape index (κ3) is 5.45. The molecular weight excluding hydrogens is 328 g/mol. The molecule has 2 aliphatic rings. The van der Waals surface area contributed by atoms with Gasteiger partial charge >= 0.3 is 0 Å². The van der Waals surface area contributed by atoms with Crippen LogP contribution in [-0.4, -0.2) is 36.3 Å². The van der Waals surface area contributed by atoms with E-state index in [4.69, 9.17) is 4.74 Å². The third-order valence-electron chi connectivity index (χ3n) is 5.74. The second-order valence-electron chi connectivity index (χ2n) is 7.87. The summed E-state index contributed by atoms with van der Waals surface area (Å²) >= 11 is 0. The SMILES string of the molecule is CC(CC(=O)Nc1ccc(OC2CCCCC2O)cc1)C1CCCNC1. The van der Waals surface area contributed by atoms with Crippen molar-refractivity contribution in [3.8, 4) is 5.75 Å². The minimum atomic E-state index is -0.376. The zero-order chi connectivity index (χ0) is 18.4. The van der Waals surface area contributed by atoms with Crippen molar-refractivity contribution in [1.29, 1.82) is 0 Å². The Morgan fingerprint density at radius 3 is 2.69 bits per heavy atom. The maximum atomic E-state index is 12.3. The molecule has 5 heteroatoms. The molecular formula is C21H32N2O3. The fourth-order valence-corrected chi connectivity index (χ4v) is 4.04. The summed E-state index contributed by atoms with van der Waals surface area (Å²) < 4.78 is 5.90. The van der Waals surface area contributed by atoms with Gasteiger partial charge in [0.05, 0.1) is 6.10 Å². The highest BCUT2D eigenvalue weighted by molar-refractivity contribution is 5.90. The molecule has 1 heterocycles. The molecule has 0 radical (unpaired) electrons. The molecule has 26 heavy (non-hydrogen) atoms. The van der Waals surface area contributed by atoms with E-state index in [-0.39, 0.29) is 18.1 Å².